The highest BCUT2D eigenvalue weighted by Crippen LogP contribution is 2.37. The predicted octanol–water partition coefficient (Wildman–Crippen LogP) is 5.00. The Balaban J connectivity index is 1.58. The lowest BCUT2D eigenvalue weighted by atomic mass is 9.87. The molecule has 1 atom stereocenters. The SMILES string of the molecule is CC1Cc2ccccc2N1c1cnnc(Nc2ccc(C(C)(C)C)cc2)n1. The predicted molar refractivity (Wildman–Crippen MR) is 110 cm³/mol. The molecule has 0 saturated heterocycles. The maximum atomic E-state index is 4.71. The summed E-state index contributed by atoms with van der Waals surface area (Å²) in [5.41, 5.74) is 4.93. The van der Waals surface area contributed by atoms with Crippen molar-refractivity contribution in [1.82, 2.24) is 15.2 Å². The summed E-state index contributed by atoms with van der Waals surface area (Å²) in [5.74, 6) is 1.32. The van der Waals surface area contributed by atoms with Crippen molar-refractivity contribution >= 4 is 23.1 Å². The fourth-order valence-electron chi connectivity index (χ4n) is 3.56. The zero-order valence-electron chi connectivity index (χ0n) is 16.3. The molecule has 0 fully saturated rings. The van der Waals surface area contributed by atoms with Crippen molar-refractivity contribution in [3.8, 4) is 0 Å². The van der Waals surface area contributed by atoms with Gasteiger partial charge in [-0.1, -0.05) is 51.1 Å². The van der Waals surface area contributed by atoms with Gasteiger partial charge in [0, 0.05) is 17.4 Å². The monoisotopic (exact) mass is 359 g/mol. The molecule has 1 unspecified atom stereocenters. The van der Waals surface area contributed by atoms with E-state index in [1.165, 1.54) is 16.8 Å². The van der Waals surface area contributed by atoms with E-state index < -0.39 is 0 Å². The van der Waals surface area contributed by atoms with Crippen molar-refractivity contribution < 1.29 is 0 Å². The van der Waals surface area contributed by atoms with Crippen LogP contribution in [0, 0.1) is 0 Å². The van der Waals surface area contributed by atoms with Crippen LogP contribution in [0.25, 0.3) is 0 Å². The summed E-state index contributed by atoms with van der Waals surface area (Å²) in [4.78, 5) is 6.95. The molecule has 2 heterocycles. The highest BCUT2D eigenvalue weighted by molar-refractivity contribution is 5.69. The topological polar surface area (TPSA) is 53.9 Å². The summed E-state index contributed by atoms with van der Waals surface area (Å²) in [6.07, 6.45) is 2.74. The summed E-state index contributed by atoms with van der Waals surface area (Å²) in [7, 11) is 0. The van der Waals surface area contributed by atoms with E-state index in [-0.39, 0.29) is 5.41 Å². The Labute approximate surface area is 160 Å². The number of benzene rings is 2. The van der Waals surface area contributed by atoms with Gasteiger partial charge in [0.05, 0.1) is 6.20 Å². The van der Waals surface area contributed by atoms with Crippen molar-refractivity contribution in [2.24, 2.45) is 0 Å². The molecule has 0 saturated carbocycles. The minimum absolute atomic E-state index is 0.135. The van der Waals surface area contributed by atoms with Gasteiger partial charge >= 0.3 is 0 Å². The first-order valence-electron chi connectivity index (χ1n) is 9.36. The number of rotatable bonds is 3. The Kier molecular flexibility index (Phi) is 4.30. The van der Waals surface area contributed by atoms with E-state index in [9.17, 15) is 0 Å². The fraction of sp³-hybridized carbons (Fsp3) is 0.318. The van der Waals surface area contributed by atoms with E-state index in [1.54, 1.807) is 6.20 Å². The molecule has 138 valence electrons. The molecule has 5 nitrogen and oxygen atoms in total. The van der Waals surface area contributed by atoms with Crippen LogP contribution in [0.3, 0.4) is 0 Å². The number of anilines is 4. The lowest BCUT2D eigenvalue weighted by Gasteiger charge is -2.23. The molecule has 1 aromatic heterocycles. The molecule has 0 spiro atoms. The Bertz CT molecular complexity index is 943. The molecule has 27 heavy (non-hydrogen) atoms. The number of fused-ring (bicyclic) bond motifs is 1. The molecule has 2 aromatic carbocycles. The average Bonchev–Trinajstić information content (AvgIpc) is 2.97. The first-order valence-corrected chi connectivity index (χ1v) is 9.36. The highest BCUT2D eigenvalue weighted by Gasteiger charge is 2.28. The van der Waals surface area contributed by atoms with Crippen LogP contribution in [0.2, 0.25) is 0 Å². The van der Waals surface area contributed by atoms with Crippen LogP contribution in [0.15, 0.2) is 54.7 Å². The normalized spacial score (nSPS) is 16.3. The molecular weight excluding hydrogens is 334 g/mol. The van der Waals surface area contributed by atoms with E-state index in [4.69, 9.17) is 4.98 Å². The highest BCUT2D eigenvalue weighted by atomic mass is 15.3. The van der Waals surface area contributed by atoms with Gasteiger partial charge in [0.15, 0.2) is 5.82 Å². The van der Waals surface area contributed by atoms with E-state index in [2.05, 4.69) is 96.6 Å². The van der Waals surface area contributed by atoms with E-state index >= 15 is 0 Å². The number of hydrogen-bond acceptors (Lipinski definition) is 5. The molecule has 0 aliphatic carbocycles. The van der Waals surface area contributed by atoms with Crippen LogP contribution in [0.5, 0.6) is 0 Å². The number of aromatic nitrogens is 3. The first kappa shape index (κ1) is 17.5. The van der Waals surface area contributed by atoms with Crippen molar-refractivity contribution in [3.05, 3.63) is 65.9 Å². The van der Waals surface area contributed by atoms with Crippen LogP contribution >= 0.6 is 0 Å². The van der Waals surface area contributed by atoms with Gasteiger partial charge in [-0.25, -0.2) is 0 Å². The molecule has 0 radical (unpaired) electrons. The number of para-hydroxylation sites is 1. The van der Waals surface area contributed by atoms with Gasteiger partial charge in [-0.3, -0.25) is 0 Å². The summed E-state index contributed by atoms with van der Waals surface area (Å²) in [6.45, 7) is 8.84. The Morgan fingerprint density at radius 1 is 1.04 bits per heavy atom. The minimum atomic E-state index is 0.135. The summed E-state index contributed by atoms with van der Waals surface area (Å²) in [5, 5.41) is 11.6. The molecule has 3 aromatic rings. The van der Waals surface area contributed by atoms with Crippen molar-refractivity contribution in [2.75, 3.05) is 10.2 Å². The van der Waals surface area contributed by atoms with Crippen LogP contribution in [0.1, 0.15) is 38.8 Å². The number of nitrogens with zero attached hydrogens (tertiary/aromatic N) is 4. The molecule has 0 bridgehead atoms. The second-order valence-electron chi connectivity index (χ2n) is 8.14. The minimum Gasteiger partial charge on any atom is -0.323 e. The molecule has 1 N–H and O–H groups in total. The standard InChI is InChI=1S/C22H25N5/c1-15-13-16-7-5-6-8-19(16)27(15)20-14-23-26-21(25-20)24-18-11-9-17(10-12-18)22(2,3)4/h5-12,14-15H,13H2,1-4H3,(H,24,25,26). The van der Waals surface area contributed by atoms with Crippen molar-refractivity contribution in [3.63, 3.8) is 0 Å². The average molecular weight is 359 g/mol. The van der Waals surface area contributed by atoms with Gasteiger partial charge in [0.1, 0.15) is 0 Å². The van der Waals surface area contributed by atoms with E-state index in [0.29, 0.717) is 12.0 Å². The Morgan fingerprint density at radius 3 is 2.52 bits per heavy atom. The second kappa shape index (κ2) is 6.65. The molecule has 1 aliphatic heterocycles. The maximum absolute atomic E-state index is 4.71. The van der Waals surface area contributed by atoms with Gasteiger partial charge in [-0.2, -0.15) is 10.1 Å². The number of hydrogen-bond donors (Lipinski definition) is 1. The zero-order valence-corrected chi connectivity index (χ0v) is 16.3. The number of nitrogens with one attached hydrogen (secondary N) is 1. The second-order valence-corrected chi connectivity index (χ2v) is 8.14. The summed E-state index contributed by atoms with van der Waals surface area (Å²) >= 11 is 0. The van der Waals surface area contributed by atoms with Crippen LogP contribution in [-0.4, -0.2) is 21.2 Å². The van der Waals surface area contributed by atoms with Crippen LogP contribution < -0.4 is 10.2 Å². The summed E-state index contributed by atoms with van der Waals surface area (Å²) < 4.78 is 0. The van der Waals surface area contributed by atoms with Gasteiger partial charge in [0.2, 0.25) is 5.95 Å². The Morgan fingerprint density at radius 2 is 1.78 bits per heavy atom. The first-order chi connectivity index (χ1) is 12.9. The van der Waals surface area contributed by atoms with E-state index in [1.807, 2.05) is 0 Å². The van der Waals surface area contributed by atoms with Crippen molar-refractivity contribution in [1.29, 1.82) is 0 Å². The lowest BCUT2D eigenvalue weighted by Crippen LogP contribution is -2.25. The zero-order chi connectivity index (χ0) is 19.0. The quantitative estimate of drug-likeness (QED) is 0.713. The lowest BCUT2D eigenvalue weighted by molar-refractivity contribution is 0.590. The van der Waals surface area contributed by atoms with Crippen LogP contribution in [-0.2, 0) is 11.8 Å². The largest absolute Gasteiger partial charge is 0.323 e. The molecule has 0 amide bonds. The third-order valence-corrected chi connectivity index (χ3v) is 5.01. The van der Waals surface area contributed by atoms with Gasteiger partial charge < -0.3 is 10.2 Å². The smallest absolute Gasteiger partial charge is 0.249 e. The van der Waals surface area contributed by atoms with Crippen LogP contribution in [0.4, 0.5) is 23.1 Å². The third-order valence-electron chi connectivity index (χ3n) is 5.01. The maximum Gasteiger partial charge on any atom is 0.249 e. The molecule has 1 aliphatic rings. The molecular formula is C22H25N5. The van der Waals surface area contributed by atoms with Gasteiger partial charge in [-0.15, -0.1) is 5.10 Å². The van der Waals surface area contributed by atoms with Crippen molar-refractivity contribution in [2.45, 2.75) is 45.6 Å². The van der Waals surface area contributed by atoms with Gasteiger partial charge in [0.25, 0.3) is 0 Å². The molecule has 4 rings (SSSR count). The van der Waals surface area contributed by atoms with E-state index in [0.717, 1.165) is 17.9 Å². The molecule has 5 heteroatoms. The summed E-state index contributed by atoms with van der Waals surface area (Å²) in [6, 6.07) is 17.2. The fourth-order valence-corrected chi connectivity index (χ4v) is 3.56. The van der Waals surface area contributed by atoms with Gasteiger partial charge in [-0.05, 0) is 48.1 Å². The third kappa shape index (κ3) is 3.50. The Hall–Kier alpha value is -2.95.